The van der Waals surface area contributed by atoms with Gasteiger partial charge in [0, 0.05) is 31.0 Å². The summed E-state index contributed by atoms with van der Waals surface area (Å²) in [6, 6.07) is 16.5. The monoisotopic (exact) mass is 421 g/mol. The maximum Gasteiger partial charge on any atom is 0.140 e. The number of ketones is 1. The molecular weight excluding hydrogens is 386 g/mol. The molecule has 1 aliphatic heterocycles. The summed E-state index contributed by atoms with van der Waals surface area (Å²) < 4.78 is 12.1. The Morgan fingerprint density at radius 2 is 1.74 bits per heavy atom. The van der Waals surface area contributed by atoms with Crippen LogP contribution < -0.4 is 14.4 Å². The number of anilines is 1. The number of rotatable bonds is 11. The number of ether oxygens (including phenoxy) is 2. The first-order chi connectivity index (χ1) is 15.1. The quantitative estimate of drug-likeness (QED) is 0.446. The fourth-order valence-electron chi connectivity index (χ4n) is 4.24. The maximum atomic E-state index is 12.1. The fraction of sp³-hybridized carbons (Fsp3) is 0.519. The fourth-order valence-corrected chi connectivity index (χ4v) is 4.24. The highest BCUT2D eigenvalue weighted by atomic mass is 16.5. The topological polar surface area (TPSA) is 38.8 Å². The van der Waals surface area contributed by atoms with Gasteiger partial charge in [-0.25, -0.2) is 0 Å². The molecule has 0 radical (unpaired) electrons. The van der Waals surface area contributed by atoms with Gasteiger partial charge in [0.25, 0.3) is 0 Å². The molecule has 1 unspecified atom stereocenters. The lowest BCUT2D eigenvalue weighted by atomic mass is 9.94. The molecule has 4 nitrogen and oxygen atoms in total. The second kappa shape index (κ2) is 10.2. The molecule has 2 fully saturated rings. The summed E-state index contributed by atoms with van der Waals surface area (Å²) >= 11 is 0. The number of carbonyl (C=O) groups is 1. The normalized spacial score (nSPS) is 19.3. The van der Waals surface area contributed by atoms with Gasteiger partial charge in [-0.3, -0.25) is 4.79 Å². The van der Waals surface area contributed by atoms with Crippen molar-refractivity contribution in [1.82, 2.24) is 0 Å². The number of nitrogens with zero attached hydrogens (tertiary/aromatic N) is 1. The molecule has 1 heterocycles. The average Bonchev–Trinajstić information content (AvgIpc) is 3.50. The Bertz CT molecular complexity index is 842. The molecule has 1 saturated heterocycles. The molecule has 4 rings (SSSR count). The van der Waals surface area contributed by atoms with E-state index in [0.717, 1.165) is 55.5 Å². The van der Waals surface area contributed by atoms with E-state index in [4.69, 9.17) is 9.47 Å². The lowest BCUT2D eigenvalue weighted by Crippen LogP contribution is -2.24. The number of Topliss-reactive ketones (excluding diaryl/α,β-unsaturated/α-hetero) is 1. The van der Waals surface area contributed by atoms with Crippen molar-refractivity contribution in [1.29, 1.82) is 0 Å². The van der Waals surface area contributed by atoms with Crippen LogP contribution >= 0.6 is 0 Å². The SMILES string of the molecule is CCCC(=O)C(C)c1ccc(O[C@@H]2CCN(c3ccc(OCCC4CC4)cc3)C2)cc1. The largest absolute Gasteiger partial charge is 0.494 e. The van der Waals surface area contributed by atoms with E-state index in [1.807, 2.05) is 38.1 Å². The van der Waals surface area contributed by atoms with E-state index < -0.39 is 0 Å². The Morgan fingerprint density at radius 1 is 1.03 bits per heavy atom. The van der Waals surface area contributed by atoms with Crippen molar-refractivity contribution in [2.75, 3.05) is 24.6 Å². The molecule has 31 heavy (non-hydrogen) atoms. The van der Waals surface area contributed by atoms with Crippen molar-refractivity contribution in [3.8, 4) is 11.5 Å². The molecule has 1 saturated carbocycles. The molecule has 0 bridgehead atoms. The van der Waals surface area contributed by atoms with Gasteiger partial charge in [-0.2, -0.15) is 0 Å². The molecule has 166 valence electrons. The van der Waals surface area contributed by atoms with E-state index in [1.165, 1.54) is 24.9 Å². The third-order valence-electron chi connectivity index (χ3n) is 6.50. The molecule has 1 aliphatic carbocycles. The Kier molecular flexibility index (Phi) is 7.16. The van der Waals surface area contributed by atoms with Crippen LogP contribution in [0.3, 0.4) is 0 Å². The zero-order valence-electron chi connectivity index (χ0n) is 18.9. The molecule has 2 aromatic rings. The van der Waals surface area contributed by atoms with Crippen LogP contribution in [0.4, 0.5) is 5.69 Å². The predicted molar refractivity (Wildman–Crippen MR) is 125 cm³/mol. The summed E-state index contributed by atoms with van der Waals surface area (Å²) in [6.07, 6.45) is 6.67. The van der Waals surface area contributed by atoms with E-state index in [1.54, 1.807) is 0 Å². The summed E-state index contributed by atoms with van der Waals surface area (Å²) in [5.74, 6) is 3.01. The molecule has 2 aliphatic rings. The van der Waals surface area contributed by atoms with Gasteiger partial charge < -0.3 is 14.4 Å². The molecular formula is C27H35NO3. The number of hydrogen-bond acceptors (Lipinski definition) is 4. The molecule has 2 aromatic carbocycles. The Hall–Kier alpha value is -2.49. The Balaban J connectivity index is 1.25. The lowest BCUT2D eigenvalue weighted by Gasteiger charge is -2.20. The van der Waals surface area contributed by atoms with Crippen LogP contribution in [0.25, 0.3) is 0 Å². The highest BCUT2D eigenvalue weighted by Crippen LogP contribution is 2.32. The van der Waals surface area contributed by atoms with Crippen molar-refractivity contribution in [3.63, 3.8) is 0 Å². The smallest absolute Gasteiger partial charge is 0.140 e. The second-order valence-electron chi connectivity index (χ2n) is 9.06. The van der Waals surface area contributed by atoms with Gasteiger partial charge in [-0.15, -0.1) is 0 Å². The van der Waals surface area contributed by atoms with Crippen LogP contribution in [0.2, 0.25) is 0 Å². The standard InChI is InChI=1S/C27H35NO3/c1-3-4-27(29)20(2)22-7-11-25(12-8-22)31-26-15-17-28(19-26)23-9-13-24(14-10-23)30-18-16-21-5-6-21/h7-14,20-21,26H,3-6,15-19H2,1-2H3/t20?,26-/m1/s1. The van der Waals surface area contributed by atoms with Crippen molar-refractivity contribution < 1.29 is 14.3 Å². The molecule has 0 amide bonds. The minimum absolute atomic E-state index is 0.0448. The average molecular weight is 422 g/mol. The van der Waals surface area contributed by atoms with Crippen LogP contribution in [0, 0.1) is 5.92 Å². The minimum atomic E-state index is -0.0448. The van der Waals surface area contributed by atoms with E-state index in [2.05, 4.69) is 29.2 Å². The van der Waals surface area contributed by atoms with Crippen LogP contribution in [0.5, 0.6) is 11.5 Å². The van der Waals surface area contributed by atoms with Crippen LogP contribution in [-0.2, 0) is 4.79 Å². The van der Waals surface area contributed by atoms with Crippen LogP contribution in [0.15, 0.2) is 48.5 Å². The molecule has 4 heteroatoms. The molecule has 0 spiro atoms. The van der Waals surface area contributed by atoms with Crippen molar-refractivity contribution >= 4 is 11.5 Å². The van der Waals surface area contributed by atoms with Crippen molar-refractivity contribution in [2.45, 2.75) is 64.4 Å². The first-order valence-corrected chi connectivity index (χ1v) is 11.9. The predicted octanol–water partition coefficient (Wildman–Crippen LogP) is 6.00. The molecule has 2 atom stereocenters. The van der Waals surface area contributed by atoms with Crippen molar-refractivity contribution in [2.24, 2.45) is 5.92 Å². The minimum Gasteiger partial charge on any atom is -0.494 e. The van der Waals surface area contributed by atoms with Crippen LogP contribution in [0.1, 0.15) is 63.9 Å². The summed E-state index contributed by atoms with van der Waals surface area (Å²) in [5, 5.41) is 0. The van der Waals surface area contributed by atoms with Gasteiger partial charge in [-0.05, 0) is 60.7 Å². The van der Waals surface area contributed by atoms with Gasteiger partial charge in [0.05, 0.1) is 13.2 Å². The molecule has 0 aromatic heterocycles. The van der Waals surface area contributed by atoms with E-state index >= 15 is 0 Å². The van der Waals surface area contributed by atoms with Gasteiger partial charge in [0.1, 0.15) is 23.4 Å². The summed E-state index contributed by atoms with van der Waals surface area (Å²) in [5.41, 5.74) is 2.29. The number of carbonyl (C=O) groups excluding carboxylic acids is 1. The first kappa shape index (κ1) is 21.7. The lowest BCUT2D eigenvalue weighted by molar-refractivity contribution is -0.120. The van der Waals surface area contributed by atoms with Gasteiger partial charge in [0.15, 0.2) is 0 Å². The molecule has 0 N–H and O–H groups in total. The summed E-state index contributed by atoms with van der Waals surface area (Å²) in [4.78, 5) is 14.5. The second-order valence-corrected chi connectivity index (χ2v) is 9.06. The maximum absolute atomic E-state index is 12.1. The number of hydrogen-bond donors (Lipinski definition) is 0. The first-order valence-electron chi connectivity index (χ1n) is 11.9. The highest BCUT2D eigenvalue weighted by Gasteiger charge is 2.25. The van der Waals surface area contributed by atoms with E-state index in [0.29, 0.717) is 12.2 Å². The van der Waals surface area contributed by atoms with Gasteiger partial charge in [-0.1, -0.05) is 38.8 Å². The Labute approximate surface area is 186 Å². The zero-order chi connectivity index (χ0) is 21.6. The van der Waals surface area contributed by atoms with Crippen LogP contribution in [-0.4, -0.2) is 31.6 Å². The van der Waals surface area contributed by atoms with E-state index in [-0.39, 0.29) is 12.0 Å². The summed E-state index contributed by atoms with van der Waals surface area (Å²) in [6.45, 7) is 6.74. The zero-order valence-corrected chi connectivity index (χ0v) is 18.9. The van der Waals surface area contributed by atoms with Gasteiger partial charge >= 0.3 is 0 Å². The third kappa shape index (κ3) is 6.03. The summed E-state index contributed by atoms with van der Waals surface area (Å²) in [7, 11) is 0. The number of benzene rings is 2. The highest BCUT2D eigenvalue weighted by molar-refractivity contribution is 5.85. The van der Waals surface area contributed by atoms with E-state index in [9.17, 15) is 4.79 Å². The Morgan fingerprint density at radius 3 is 2.42 bits per heavy atom. The van der Waals surface area contributed by atoms with Crippen molar-refractivity contribution in [3.05, 3.63) is 54.1 Å². The van der Waals surface area contributed by atoms with Gasteiger partial charge in [0.2, 0.25) is 0 Å². The third-order valence-corrected chi connectivity index (χ3v) is 6.50.